The first-order valence-corrected chi connectivity index (χ1v) is 6.58. The Bertz CT molecular complexity index is 622. The van der Waals surface area contributed by atoms with Crippen molar-refractivity contribution in [3.63, 3.8) is 0 Å². The molecule has 2 N–H and O–H groups in total. The van der Waals surface area contributed by atoms with Gasteiger partial charge in [0.2, 0.25) is 0 Å². The van der Waals surface area contributed by atoms with Crippen molar-refractivity contribution in [2.24, 2.45) is 0 Å². The second kappa shape index (κ2) is 4.79. The van der Waals surface area contributed by atoms with Gasteiger partial charge in [-0.25, -0.2) is 4.98 Å². The Hall–Kier alpha value is -1.86. The molecule has 0 aliphatic rings. The summed E-state index contributed by atoms with van der Waals surface area (Å²) in [5.41, 5.74) is 9.51. The predicted octanol–water partition coefficient (Wildman–Crippen LogP) is 3.37. The van der Waals surface area contributed by atoms with Crippen molar-refractivity contribution in [2.75, 3.05) is 5.73 Å². The summed E-state index contributed by atoms with van der Waals surface area (Å²) in [6, 6.07) is 8.25. The fraction of sp³-hybridized carbons (Fsp3) is 0.286. The van der Waals surface area contributed by atoms with Crippen molar-refractivity contribution in [2.45, 2.75) is 26.7 Å². The van der Waals surface area contributed by atoms with E-state index in [1.165, 1.54) is 11.3 Å². The Balaban J connectivity index is 2.53. The van der Waals surface area contributed by atoms with Crippen molar-refractivity contribution in [1.29, 1.82) is 5.26 Å². The van der Waals surface area contributed by atoms with Crippen LogP contribution in [0.25, 0.3) is 0 Å². The third-order valence-corrected chi connectivity index (χ3v) is 4.29. The fourth-order valence-corrected chi connectivity index (χ4v) is 3.08. The van der Waals surface area contributed by atoms with E-state index in [0.29, 0.717) is 5.13 Å². The van der Waals surface area contributed by atoms with Crippen LogP contribution in [-0.4, -0.2) is 4.98 Å². The summed E-state index contributed by atoms with van der Waals surface area (Å²) < 4.78 is 0. The number of benzene rings is 1. The molecule has 92 valence electrons. The summed E-state index contributed by atoms with van der Waals surface area (Å²) in [6.45, 7) is 6.01. The van der Waals surface area contributed by atoms with Gasteiger partial charge in [-0.05, 0) is 25.0 Å². The van der Waals surface area contributed by atoms with Crippen LogP contribution >= 0.6 is 11.3 Å². The predicted molar refractivity (Wildman–Crippen MR) is 74.7 cm³/mol. The van der Waals surface area contributed by atoms with Crippen molar-refractivity contribution >= 4 is 16.5 Å². The molecule has 4 heteroatoms. The molecule has 18 heavy (non-hydrogen) atoms. The number of thiazole rings is 1. The van der Waals surface area contributed by atoms with E-state index in [4.69, 9.17) is 5.73 Å². The molecule has 0 saturated carbocycles. The lowest BCUT2D eigenvalue weighted by molar-refractivity contribution is 0.919. The lowest BCUT2D eigenvalue weighted by Crippen LogP contribution is -2.00. The Morgan fingerprint density at radius 3 is 2.67 bits per heavy atom. The van der Waals surface area contributed by atoms with Gasteiger partial charge in [0.25, 0.3) is 0 Å². The normalized spacial score (nSPS) is 12.1. The zero-order valence-electron chi connectivity index (χ0n) is 10.7. The van der Waals surface area contributed by atoms with Gasteiger partial charge in [0.1, 0.15) is 0 Å². The highest BCUT2D eigenvalue weighted by Crippen LogP contribution is 2.34. The molecule has 1 atom stereocenters. The molecule has 0 aliphatic heterocycles. The molecule has 1 aromatic heterocycles. The lowest BCUT2D eigenvalue weighted by Gasteiger charge is -2.13. The van der Waals surface area contributed by atoms with Gasteiger partial charge in [-0.2, -0.15) is 5.26 Å². The largest absolute Gasteiger partial charge is 0.375 e. The highest BCUT2D eigenvalue weighted by Gasteiger charge is 2.18. The molecule has 1 aromatic carbocycles. The van der Waals surface area contributed by atoms with Crippen LogP contribution in [0.2, 0.25) is 0 Å². The molecule has 0 aliphatic carbocycles. The van der Waals surface area contributed by atoms with Crippen LogP contribution < -0.4 is 5.73 Å². The van der Waals surface area contributed by atoms with Gasteiger partial charge >= 0.3 is 0 Å². The number of nitrogens with two attached hydrogens (primary N) is 1. The fourth-order valence-electron chi connectivity index (χ4n) is 2.18. The highest BCUT2D eigenvalue weighted by molar-refractivity contribution is 7.15. The number of hydrogen-bond donors (Lipinski definition) is 1. The number of nitrogens with zero attached hydrogens (tertiary/aromatic N) is 2. The average molecular weight is 257 g/mol. The van der Waals surface area contributed by atoms with Crippen LogP contribution in [0.5, 0.6) is 0 Å². The molecule has 0 fully saturated rings. The van der Waals surface area contributed by atoms with Crippen LogP contribution in [0.4, 0.5) is 5.13 Å². The minimum Gasteiger partial charge on any atom is -0.375 e. The summed E-state index contributed by atoms with van der Waals surface area (Å²) >= 11 is 1.50. The van der Waals surface area contributed by atoms with Crippen molar-refractivity contribution in [1.82, 2.24) is 4.98 Å². The number of anilines is 1. The Kier molecular flexibility index (Phi) is 3.35. The summed E-state index contributed by atoms with van der Waals surface area (Å²) in [4.78, 5) is 5.38. The third kappa shape index (κ3) is 2.09. The van der Waals surface area contributed by atoms with Crippen LogP contribution in [0.1, 0.15) is 40.1 Å². The van der Waals surface area contributed by atoms with E-state index in [2.05, 4.69) is 18.0 Å². The van der Waals surface area contributed by atoms with Gasteiger partial charge in [-0.15, -0.1) is 11.3 Å². The third-order valence-electron chi connectivity index (χ3n) is 3.13. The Labute approximate surface area is 111 Å². The molecule has 0 saturated heterocycles. The number of nitriles is 1. The lowest BCUT2D eigenvalue weighted by atomic mass is 9.92. The zero-order valence-corrected chi connectivity index (χ0v) is 11.5. The van der Waals surface area contributed by atoms with Crippen LogP contribution in [-0.2, 0) is 0 Å². The molecule has 1 heterocycles. The SMILES string of the molecule is Cc1cccc(C(C)c2sc(N)nc2C)c1C#N. The van der Waals surface area contributed by atoms with Gasteiger partial charge in [0.05, 0.1) is 17.3 Å². The van der Waals surface area contributed by atoms with E-state index >= 15 is 0 Å². The number of aryl methyl sites for hydroxylation is 2. The van der Waals surface area contributed by atoms with Gasteiger partial charge < -0.3 is 5.73 Å². The molecule has 1 unspecified atom stereocenters. The van der Waals surface area contributed by atoms with Gasteiger partial charge in [-0.1, -0.05) is 25.1 Å². The summed E-state index contributed by atoms with van der Waals surface area (Å²) in [5, 5.41) is 9.87. The highest BCUT2D eigenvalue weighted by atomic mass is 32.1. The molecule has 2 rings (SSSR count). The number of hydrogen-bond acceptors (Lipinski definition) is 4. The molecular formula is C14H15N3S. The number of aromatic nitrogens is 1. The number of nitrogen functional groups attached to an aromatic ring is 1. The summed E-state index contributed by atoms with van der Waals surface area (Å²) in [5.74, 6) is 0.148. The molecule has 0 spiro atoms. The van der Waals surface area contributed by atoms with Crippen LogP contribution in [0.3, 0.4) is 0 Å². The van der Waals surface area contributed by atoms with E-state index in [9.17, 15) is 5.26 Å². The second-order valence-corrected chi connectivity index (χ2v) is 5.44. The van der Waals surface area contributed by atoms with Crippen molar-refractivity contribution in [3.05, 3.63) is 45.5 Å². The van der Waals surface area contributed by atoms with Crippen LogP contribution in [0.15, 0.2) is 18.2 Å². The van der Waals surface area contributed by atoms with E-state index in [1.54, 1.807) is 0 Å². The Morgan fingerprint density at radius 1 is 1.39 bits per heavy atom. The standard InChI is InChI=1S/C14H15N3S/c1-8-5-4-6-11(12(8)7-15)9(2)13-10(3)17-14(16)18-13/h4-6,9H,1-3H3,(H2,16,17). The van der Waals surface area contributed by atoms with E-state index in [-0.39, 0.29) is 5.92 Å². The maximum absolute atomic E-state index is 9.28. The Morgan fingerprint density at radius 2 is 2.11 bits per heavy atom. The number of rotatable bonds is 2. The monoisotopic (exact) mass is 257 g/mol. The van der Waals surface area contributed by atoms with Crippen LogP contribution in [0, 0.1) is 25.2 Å². The van der Waals surface area contributed by atoms with Gasteiger partial charge in [0, 0.05) is 10.8 Å². The topological polar surface area (TPSA) is 62.7 Å². The van der Waals surface area contributed by atoms with E-state index in [0.717, 1.165) is 27.3 Å². The summed E-state index contributed by atoms with van der Waals surface area (Å²) in [6.07, 6.45) is 0. The first-order valence-electron chi connectivity index (χ1n) is 5.77. The molecule has 0 radical (unpaired) electrons. The molecule has 0 amide bonds. The minimum atomic E-state index is 0.148. The molecule has 2 aromatic rings. The van der Waals surface area contributed by atoms with E-state index in [1.807, 2.05) is 32.0 Å². The summed E-state index contributed by atoms with van der Waals surface area (Å²) in [7, 11) is 0. The molecule has 0 bridgehead atoms. The smallest absolute Gasteiger partial charge is 0.180 e. The molecule has 3 nitrogen and oxygen atoms in total. The zero-order chi connectivity index (χ0) is 13.3. The maximum atomic E-state index is 9.28. The minimum absolute atomic E-state index is 0.148. The second-order valence-electron chi connectivity index (χ2n) is 4.37. The molecular weight excluding hydrogens is 242 g/mol. The maximum Gasteiger partial charge on any atom is 0.180 e. The van der Waals surface area contributed by atoms with Gasteiger partial charge in [-0.3, -0.25) is 0 Å². The van der Waals surface area contributed by atoms with Gasteiger partial charge in [0.15, 0.2) is 5.13 Å². The van der Waals surface area contributed by atoms with E-state index < -0.39 is 0 Å². The first-order chi connectivity index (χ1) is 8.54. The van der Waals surface area contributed by atoms with Crippen molar-refractivity contribution in [3.8, 4) is 6.07 Å². The average Bonchev–Trinajstić information content (AvgIpc) is 2.67. The first kappa shape index (κ1) is 12.6. The quantitative estimate of drug-likeness (QED) is 0.897. The van der Waals surface area contributed by atoms with Crippen molar-refractivity contribution < 1.29 is 0 Å².